The summed E-state index contributed by atoms with van der Waals surface area (Å²) in [4.78, 5) is 25.1. The third kappa shape index (κ3) is 4.88. The van der Waals surface area contributed by atoms with Crippen LogP contribution in [-0.4, -0.2) is 47.9 Å². The highest BCUT2D eigenvalue weighted by Gasteiger charge is 2.30. The Kier molecular flexibility index (Phi) is 7.16. The molecule has 0 aromatic heterocycles. The van der Waals surface area contributed by atoms with Crippen molar-refractivity contribution < 1.29 is 9.59 Å². The molecule has 1 atom stereocenters. The zero-order chi connectivity index (χ0) is 13.4. The van der Waals surface area contributed by atoms with E-state index >= 15 is 0 Å². The summed E-state index contributed by atoms with van der Waals surface area (Å²) in [6, 6.07) is -0.303. The Labute approximate surface area is 114 Å². The van der Waals surface area contributed by atoms with E-state index in [2.05, 4.69) is 11.6 Å². The molecule has 0 spiro atoms. The first-order valence-electron chi connectivity index (χ1n) is 6.76. The van der Waals surface area contributed by atoms with Crippen molar-refractivity contribution in [3.8, 4) is 0 Å². The van der Waals surface area contributed by atoms with Crippen molar-refractivity contribution >= 4 is 23.6 Å². The lowest BCUT2D eigenvalue weighted by molar-refractivity contribution is -0.144. The van der Waals surface area contributed by atoms with Gasteiger partial charge in [0.15, 0.2) is 0 Å². The van der Waals surface area contributed by atoms with E-state index in [4.69, 9.17) is 0 Å². The van der Waals surface area contributed by atoms with Gasteiger partial charge in [0.25, 0.3) is 0 Å². The molecule has 2 amide bonds. The topological polar surface area (TPSA) is 49.4 Å². The van der Waals surface area contributed by atoms with Crippen LogP contribution in [0.5, 0.6) is 0 Å². The molecule has 0 saturated carbocycles. The van der Waals surface area contributed by atoms with E-state index in [0.29, 0.717) is 6.42 Å². The molecule has 0 aromatic rings. The molecule has 1 aliphatic rings. The Morgan fingerprint density at radius 3 is 2.67 bits per heavy atom. The molecule has 1 N–H and O–H groups in total. The number of piperazine rings is 1. The van der Waals surface area contributed by atoms with Crippen LogP contribution in [0.3, 0.4) is 0 Å². The van der Waals surface area contributed by atoms with E-state index in [-0.39, 0.29) is 24.4 Å². The van der Waals surface area contributed by atoms with Crippen molar-refractivity contribution in [2.45, 2.75) is 45.1 Å². The normalized spacial score (nSPS) is 20.1. The van der Waals surface area contributed by atoms with Crippen LogP contribution in [-0.2, 0) is 9.59 Å². The minimum atomic E-state index is -0.303. The van der Waals surface area contributed by atoms with E-state index in [1.807, 2.05) is 18.7 Å². The summed E-state index contributed by atoms with van der Waals surface area (Å²) in [5.74, 6) is 1.27. The third-order valence-electron chi connectivity index (χ3n) is 3.21. The molecule has 5 heteroatoms. The minimum Gasteiger partial charge on any atom is -0.343 e. The Hall–Kier alpha value is -0.710. The van der Waals surface area contributed by atoms with Gasteiger partial charge in [0.05, 0.1) is 6.54 Å². The van der Waals surface area contributed by atoms with Crippen molar-refractivity contribution in [3.63, 3.8) is 0 Å². The molecular weight excluding hydrogens is 248 g/mol. The molecule has 0 radical (unpaired) electrons. The van der Waals surface area contributed by atoms with E-state index in [9.17, 15) is 9.59 Å². The predicted octanol–water partition coefficient (Wildman–Crippen LogP) is 1.65. The molecule has 1 heterocycles. The van der Waals surface area contributed by atoms with Crippen LogP contribution in [0.15, 0.2) is 0 Å². The van der Waals surface area contributed by atoms with Crippen molar-refractivity contribution in [1.82, 2.24) is 10.2 Å². The summed E-state index contributed by atoms with van der Waals surface area (Å²) in [6.45, 7) is 2.89. The van der Waals surface area contributed by atoms with Gasteiger partial charge in [-0.3, -0.25) is 9.59 Å². The summed E-state index contributed by atoms with van der Waals surface area (Å²) in [7, 11) is 0. The zero-order valence-electron chi connectivity index (χ0n) is 11.4. The number of amides is 2. The van der Waals surface area contributed by atoms with Gasteiger partial charge in [-0.25, -0.2) is 0 Å². The highest BCUT2D eigenvalue weighted by atomic mass is 32.2. The molecule has 1 saturated heterocycles. The van der Waals surface area contributed by atoms with Crippen LogP contribution in [0.2, 0.25) is 0 Å². The van der Waals surface area contributed by atoms with Crippen molar-refractivity contribution in [1.29, 1.82) is 0 Å². The van der Waals surface area contributed by atoms with Crippen molar-refractivity contribution in [2.75, 3.05) is 25.1 Å². The van der Waals surface area contributed by atoms with E-state index in [1.165, 1.54) is 18.6 Å². The second-order valence-corrected chi connectivity index (χ2v) is 5.68. The Morgan fingerprint density at radius 1 is 1.28 bits per heavy atom. The molecule has 18 heavy (non-hydrogen) atoms. The largest absolute Gasteiger partial charge is 0.343 e. The number of hydrogen-bond donors (Lipinski definition) is 1. The number of hydrogen-bond acceptors (Lipinski definition) is 3. The maximum Gasteiger partial charge on any atom is 0.245 e. The summed E-state index contributed by atoms with van der Waals surface area (Å²) in [5.41, 5.74) is 0. The Balaban J connectivity index is 2.23. The first kappa shape index (κ1) is 15.3. The van der Waals surface area contributed by atoms with E-state index in [0.717, 1.165) is 19.4 Å². The predicted molar refractivity (Wildman–Crippen MR) is 75.7 cm³/mol. The highest BCUT2D eigenvalue weighted by molar-refractivity contribution is 7.98. The second-order valence-electron chi connectivity index (χ2n) is 4.70. The van der Waals surface area contributed by atoms with Crippen LogP contribution in [0.4, 0.5) is 0 Å². The molecule has 0 aliphatic carbocycles. The number of nitrogens with zero attached hydrogens (tertiary/aromatic N) is 1. The number of unbranched alkanes of at least 4 members (excludes halogenated alkanes) is 3. The van der Waals surface area contributed by atoms with Crippen LogP contribution in [0, 0.1) is 0 Å². The lowest BCUT2D eigenvalue weighted by Gasteiger charge is -2.32. The van der Waals surface area contributed by atoms with E-state index in [1.54, 1.807) is 4.90 Å². The zero-order valence-corrected chi connectivity index (χ0v) is 12.2. The van der Waals surface area contributed by atoms with Crippen LogP contribution in [0.25, 0.3) is 0 Å². The number of thioether (sulfide) groups is 1. The first-order valence-corrected chi connectivity index (χ1v) is 8.15. The van der Waals surface area contributed by atoms with Gasteiger partial charge in [0, 0.05) is 6.54 Å². The van der Waals surface area contributed by atoms with Crippen molar-refractivity contribution in [3.05, 3.63) is 0 Å². The van der Waals surface area contributed by atoms with E-state index < -0.39 is 0 Å². The standard InChI is InChI=1S/C13H24N2O2S/c1-3-11-13(17)15(10-12(16)14-11)8-6-4-5-7-9-18-2/h11H,3-10H2,1-2H3,(H,14,16). The lowest BCUT2D eigenvalue weighted by Crippen LogP contribution is -2.57. The number of rotatable bonds is 8. The van der Waals surface area contributed by atoms with Gasteiger partial charge in [-0.2, -0.15) is 11.8 Å². The molecule has 1 fully saturated rings. The highest BCUT2D eigenvalue weighted by Crippen LogP contribution is 2.09. The molecule has 0 aromatic carbocycles. The van der Waals surface area contributed by atoms with Gasteiger partial charge in [-0.1, -0.05) is 19.8 Å². The second kappa shape index (κ2) is 8.40. The SMILES string of the molecule is CCC1NC(=O)CN(CCCCCCSC)C1=O. The Morgan fingerprint density at radius 2 is 2.00 bits per heavy atom. The fourth-order valence-corrected chi connectivity index (χ4v) is 2.63. The summed E-state index contributed by atoms with van der Waals surface area (Å²) in [5, 5.41) is 2.73. The molecule has 1 rings (SSSR count). The molecule has 104 valence electrons. The fourth-order valence-electron chi connectivity index (χ4n) is 2.14. The quantitative estimate of drug-likeness (QED) is 0.684. The maximum atomic E-state index is 12.0. The molecule has 0 bridgehead atoms. The number of nitrogens with one attached hydrogen (secondary N) is 1. The van der Waals surface area contributed by atoms with Gasteiger partial charge in [-0.15, -0.1) is 0 Å². The summed E-state index contributed by atoms with van der Waals surface area (Å²) < 4.78 is 0. The lowest BCUT2D eigenvalue weighted by atomic mass is 10.1. The minimum absolute atomic E-state index is 0.0242. The smallest absolute Gasteiger partial charge is 0.245 e. The molecule has 1 aliphatic heterocycles. The maximum absolute atomic E-state index is 12.0. The van der Waals surface area contributed by atoms with Gasteiger partial charge in [0.1, 0.15) is 6.04 Å². The Bertz CT molecular complexity index is 284. The van der Waals surface area contributed by atoms with Crippen molar-refractivity contribution in [2.24, 2.45) is 0 Å². The average molecular weight is 272 g/mol. The molecular formula is C13H24N2O2S. The fraction of sp³-hybridized carbons (Fsp3) is 0.846. The molecule has 4 nitrogen and oxygen atoms in total. The van der Waals surface area contributed by atoms with Gasteiger partial charge in [0.2, 0.25) is 11.8 Å². The monoisotopic (exact) mass is 272 g/mol. The first-order chi connectivity index (χ1) is 8.69. The van der Waals surface area contributed by atoms with Crippen LogP contribution < -0.4 is 5.32 Å². The van der Waals surface area contributed by atoms with Crippen LogP contribution in [0.1, 0.15) is 39.0 Å². The summed E-state index contributed by atoms with van der Waals surface area (Å²) in [6.07, 6.45) is 7.40. The third-order valence-corrected chi connectivity index (χ3v) is 3.91. The number of carbonyl (C=O) groups is 2. The van der Waals surface area contributed by atoms with Gasteiger partial charge < -0.3 is 10.2 Å². The number of carbonyl (C=O) groups excluding carboxylic acids is 2. The van der Waals surface area contributed by atoms with Gasteiger partial charge >= 0.3 is 0 Å². The van der Waals surface area contributed by atoms with Crippen LogP contribution >= 0.6 is 11.8 Å². The molecule has 1 unspecified atom stereocenters. The average Bonchev–Trinajstić information content (AvgIpc) is 2.37. The summed E-state index contributed by atoms with van der Waals surface area (Å²) >= 11 is 1.87. The van der Waals surface area contributed by atoms with Gasteiger partial charge in [-0.05, 0) is 31.3 Å².